The van der Waals surface area contributed by atoms with Crippen molar-refractivity contribution in [3.8, 4) is 0 Å². The van der Waals surface area contributed by atoms with Crippen LogP contribution in [-0.4, -0.2) is 43.8 Å². The van der Waals surface area contributed by atoms with Crippen molar-refractivity contribution in [1.29, 1.82) is 0 Å². The van der Waals surface area contributed by atoms with Crippen LogP contribution in [-0.2, 0) is 23.6 Å². The van der Waals surface area contributed by atoms with Gasteiger partial charge in [-0.3, -0.25) is 4.68 Å². The van der Waals surface area contributed by atoms with Gasteiger partial charge >= 0.3 is 0 Å². The molecule has 1 fully saturated rings. The quantitative estimate of drug-likeness (QED) is 0.794. The Morgan fingerprint density at radius 3 is 2.58 bits per heavy atom. The van der Waals surface area contributed by atoms with Gasteiger partial charge in [-0.2, -0.15) is 14.5 Å². The van der Waals surface area contributed by atoms with Gasteiger partial charge in [0.05, 0.1) is 24.5 Å². The Hall–Kier alpha value is -1.74. The largest absolute Gasteiger partial charge is 0.272 e. The van der Waals surface area contributed by atoms with Gasteiger partial charge in [-0.15, -0.1) is 0 Å². The molecule has 1 saturated carbocycles. The minimum atomic E-state index is -3.64. The number of nitrogens with zero attached hydrogens (tertiary/aromatic N) is 6. The molecule has 0 radical (unpaired) electrons. The predicted molar refractivity (Wildman–Crippen MR) is 96.0 cm³/mol. The Morgan fingerprint density at radius 1 is 1.27 bits per heavy atom. The highest BCUT2D eigenvalue weighted by atomic mass is 32.2. The van der Waals surface area contributed by atoms with E-state index in [-0.39, 0.29) is 10.9 Å². The maximum Gasteiger partial charge on any atom is 0.247 e. The molecule has 0 saturated heterocycles. The van der Waals surface area contributed by atoms with Crippen molar-refractivity contribution in [3.05, 3.63) is 23.5 Å². The zero-order valence-corrected chi connectivity index (χ0v) is 16.6. The predicted octanol–water partition coefficient (Wildman–Crippen LogP) is 1.99. The fourth-order valence-electron chi connectivity index (χ4n) is 3.59. The summed E-state index contributed by atoms with van der Waals surface area (Å²) in [7, 11) is -1.88. The van der Waals surface area contributed by atoms with Crippen molar-refractivity contribution in [2.45, 2.75) is 63.4 Å². The molecule has 0 spiro atoms. The molecule has 4 rings (SSSR count). The highest BCUT2D eigenvalue weighted by Gasteiger charge is 2.41. The fourth-order valence-corrected chi connectivity index (χ4v) is 5.37. The van der Waals surface area contributed by atoms with E-state index < -0.39 is 10.0 Å². The summed E-state index contributed by atoms with van der Waals surface area (Å²) < 4.78 is 31.9. The second-order valence-corrected chi connectivity index (χ2v) is 9.66. The highest BCUT2D eigenvalue weighted by molar-refractivity contribution is 7.89. The first-order valence-corrected chi connectivity index (χ1v) is 10.7. The highest BCUT2D eigenvalue weighted by Crippen LogP contribution is 2.41. The maximum absolute atomic E-state index is 13.4. The summed E-state index contributed by atoms with van der Waals surface area (Å²) in [5.41, 5.74) is 0.652. The van der Waals surface area contributed by atoms with Crippen LogP contribution in [0.2, 0.25) is 0 Å². The number of hydrogen-bond donors (Lipinski definition) is 0. The zero-order chi connectivity index (χ0) is 18.6. The SMILES string of the molecule is Cc1c(S(=O)(=O)N2CCn3nc(C4CC4)nc3[C@@H]2CC(C)C)cnn1C. The molecule has 2 aromatic rings. The first-order chi connectivity index (χ1) is 12.3. The topological polar surface area (TPSA) is 85.9 Å². The van der Waals surface area contributed by atoms with Crippen LogP contribution in [0.5, 0.6) is 0 Å². The van der Waals surface area contributed by atoms with E-state index in [0.717, 1.165) is 30.9 Å². The third-order valence-corrected chi connectivity index (χ3v) is 7.32. The zero-order valence-electron chi connectivity index (χ0n) is 15.8. The molecule has 3 heterocycles. The molecule has 2 aromatic heterocycles. The second-order valence-electron chi connectivity index (χ2n) is 7.80. The van der Waals surface area contributed by atoms with Crippen LogP contribution in [0.3, 0.4) is 0 Å². The van der Waals surface area contributed by atoms with Crippen LogP contribution in [0, 0.1) is 12.8 Å². The fraction of sp³-hybridized carbons (Fsp3) is 0.706. The van der Waals surface area contributed by atoms with E-state index in [1.165, 1.54) is 6.20 Å². The molecule has 1 aliphatic carbocycles. The molecule has 2 aliphatic rings. The van der Waals surface area contributed by atoms with Crippen LogP contribution < -0.4 is 0 Å². The first-order valence-electron chi connectivity index (χ1n) is 9.24. The third kappa shape index (κ3) is 2.87. The number of hydrogen-bond acceptors (Lipinski definition) is 5. The lowest BCUT2D eigenvalue weighted by atomic mass is 10.0. The molecular formula is C17H26N6O2S. The molecule has 9 heteroatoms. The lowest BCUT2D eigenvalue weighted by Crippen LogP contribution is -2.43. The van der Waals surface area contributed by atoms with Gasteiger partial charge in [0, 0.05) is 19.5 Å². The van der Waals surface area contributed by atoms with Gasteiger partial charge in [0.25, 0.3) is 0 Å². The molecule has 0 N–H and O–H groups in total. The number of aromatic nitrogens is 5. The molecule has 142 valence electrons. The van der Waals surface area contributed by atoms with E-state index in [0.29, 0.717) is 30.6 Å². The van der Waals surface area contributed by atoms with E-state index in [4.69, 9.17) is 4.98 Å². The van der Waals surface area contributed by atoms with Crippen molar-refractivity contribution in [2.24, 2.45) is 13.0 Å². The molecule has 0 amide bonds. The van der Waals surface area contributed by atoms with E-state index in [1.54, 1.807) is 23.0 Å². The first kappa shape index (κ1) is 17.7. The van der Waals surface area contributed by atoms with Crippen molar-refractivity contribution in [2.75, 3.05) is 6.54 Å². The number of aryl methyl sites for hydroxylation is 1. The van der Waals surface area contributed by atoms with Crippen molar-refractivity contribution >= 4 is 10.0 Å². The third-order valence-electron chi connectivity index (χ3n) is 5.31. The normalized spacial score (nSPS) is 21.3. The molecule has 0 bridgehead atoms. The van der Waals surface area contributed by atoms with Crippen LogP contribution in [0.15, 0.2) is 11.1 Å². The van der Waals surface area contributed by atoms with Gasteiger partial charge < -0.3 is 0 Å². The van der Waals surface area contributed by atoms with Gasteiger partial charge in [-0.25, -0.2) is 18.1 Å². The summed E-state index contributed by atoms with van der Waals surface area (Å²) in [6.45, 7) is 6.96. The van der Waals surface area contributed by atoms with E-state index >= 15 is 0 Å². The lowest BCUT2D eigenvalue weighted by Gasteiger charge is -2.34. The van der Waals surface area contributed by atoms with E-state index in [1.807, 2.05) is 4.68 Å². The van der Waals surface area contributed by atoms with Crippen molar-refractivity contribution < 1.29 is 8.42 Å². The summed E-state index contributed by atoms with van der Waals surface area (Å²) in [6, 6.07) is -0.284. The van der Waals surface area contributed by atoms with Crippen LogP contribution in [0.4, 0.5) is 0 Å². The Balaban J connectivity index is 1.75. The summed E-state index contributed by atoms with van der Waals surface area (Å²) in [5.74, 6) is 2.47. The van der Waals surface area contributed by atoms with Gasteiger partial charge in [0.15, 0.2) is 5.82 Å². The average molecular weight is 379 g/mol. The Labute approximate surface area is 154 Å². The lowest BCUT2D eigenvalue weighted by molar-refractivity contribution is 0.222. The number of rotatable bonds is 5. The summed E-state index contributed by atoms with van der Waals surface area (Å²) in [4.78, 5) is 5.04. The number of sulfonamides is 1. The maximum atomic E-state index is 13.4. The van der Waals surface area contributed by atoms with Gasteiger partial charge in [0.2, 0.25) is 10.0 Å². The Kier molecular flexibility index (Phi) is 4.18. The minimum Gasteiger partial charge on any atom is -0.272 e. The molecular weight excluding hydrogens is 352 g/mol. The minimum absolute atomic E-state index is 0.282. The molecule has 26 heavy (non-hydrogen) atoms. The van der Waals surface area contributed by atoms with Crippen molar-refractivity contribution in [3.63, 3.8) is 0 Å². The van der Waals surface area contributed by atoms with E-state index in [2.05, 4.69) is 24.0 Å². The van der Waals surface area contributed by atoms with Gasteiger partial charge in [-0.05, 0) is 32.1 Å². The van der Waals surface area contributed by atoms with Gasteiger partial charge in [0.1, 0.15) is 10.7 Å². The van der Waals surface area contributed by atoms with Crippen LogP contribution in [0.1, 0.15) is 62.4 Å². The molecule has 1 atom stereocenters. The monoisotopic (exact) mass is 378 g/mol. The molecule has 1 aliphatic heterocycles. The summed E-state index contributed by atoms with van der Waals surface area (Å²) in [5, 5.41) is 8.77. The van der Waals surface area contributed by atoms with Gasteiger partial charge in [-0.1, -0.05) is 13.8 Å². The smallest absolute Gasteiger partial charge is 0.247 e. The van der Waals surface area contributed by atoms with Crippen molar-refractivity contribution in [1.82, 2.24) is 28.9 Å². The number of fused-ring (bicyclic) bond motifs is 1. The summed E-state index contributed by atoms with van der Waals surface area (Å²) in [6.07, 6.45) is 4.44. The van der Waals surface area contributed by atoms with Crippen LogP contribution in [0.25, 0.3) is 0 Å². The second kappa shape index (κ2) is 6.16. The van der Waals surface area contributed by atoms with E-state index in [9.17, 15) is 8.42 Å². The Morgan fingerprint density at radius 2 is 2.00 bits per heavy atom. The van der Waals surface area contributed by atoms with Crippen LogP contribution >= 0.6 is 0 Å². The summed E-state index contributed by atoms with van der Waals surface area (Å²) >= 11 is 0. The Bertz CT molecular complexity index is 925. The average Bonchev–Trinajstić information content (AvgIpc) is 3.23. The molecule has 0 aromatic carbocycles. The molecule has 8 nitrogen and oxygen atoms in total. The molecule has 0 unspecified atom stereocenters. The standard InChI is InChI=1S/C17H26N6O2S/c1-11(2)9-14-17-19-16(13-5-6-13)20-22(17)7-8-23(14)26(24,25)15-10-18-21(4)12(15)3/h10-11,13-14H,5-9H2,1-4H3/t14-/m0/s1.